The second-order valence-corrected chi connectivity index (χ2v) is 10.1. The minimum absolute atomic E-state index is 0.0847. The van der Waals surface area contributed by atoms with Gasteiger partial charge in [0.1, 0.15) is 0 Å². The molecule has 146 valence electrons. The molecule has 2 aliphatic rings. The summed E-state index contributed by atoms with van der Waals surface area (Å²) in [5.74, 6) is 0. The molecule has 1 saturated heterocycles. The second-order valence-electron chi connectivity index (χ2n) is 7.02. The molecule has 7 nitrogen and oxygen atoms in total. The van der Waals surface area contributed by atoms with E-state index in [0.29, 0.717) is 0 Å². The Morgan fingerprint density at radius 1 is 0.893 bits per heavy atom. The molecule has 0 bridgehead atoms. The van der Waals surface area contributed by atoms with E-state index in [9.17, 15) is 20.2 Å². The van der Waals surface area contributed by atoms with Gasteiger partial charge in [-0.2, -0.15) is 0 Å². The van der Waals surface area contributed by atoms with E-state index in [1.54, 1.807) is 36.0 Å². The summed E-state index contributed by atoms with van der Waals surface area (Å²) in [5, 5.41) is 21.7. The lowest BCUT2D eigenvalue weighted by Crippen LogP contribution is -2.40. The SMILES string of the molecule is O=[N+]([O-])c1ccc(CCN2CCC3(CC2)Sc2ccc([N+](=O)[O-])cc2S3)cc1. The average Bonchev–Trinajstić information content (AvgIpc) is 3.04. The maximum absolute atomic E-state index is 11.0. The van der Waals surface area contributed by atoms with E-state index in [-0.39, 0.29) is 25.3 Å². The van der Waals surface area contributed by atoms with Crippen molar-refractivity contribution in [3.05, 3.63) is 68.3 Å². The Morgan fingerprint density at radius 2 is 1.50 bits per heavy atom. The van der Waals surface area contributed by atoms with Crippen LogP contribution in [0, 0.1) is 20.2 Å². The molecule has 2 aromatic rings. The molecule has 2 heterocycles. The quantitative estimate of drug-likeness (QED) is 0.513. The van der Waals surface area contributed by atoms with Crippen molar-refractivity contribution in [2.75, 3.05) is 19.6 Å². The molecule has 0 amide bonds. The first kappa shape index (κ1) is 19.2. The molecule has 0 radical (unpaired) electrons. The van der Waals surface area contributed by atoms with Gasteiger partial charge >= 0.3 is 0 Å². The summed E-state index contributed by atoms with van der Waals surface area (Å²) in [6.45, 7) is 2.91. The lowest BCUT2D eigenvalue weighted by atomic mass is 10.1. The van der Waals surface area contributed by atoms with Crippen LogP contribution < -0.4 is 0 Å². The molecule has 0 aromatic heterocycles. The normalized spacial score (nSPS) is 18.1. The van der Waals surface area contributed by atoms with Gasteiger partial charge in [-0.25, -0.2) is 0 Å². The minimum atomic E-state index is -0.378. The first-order valence-electron chi connectivity index (χ1n) is 9.06. The number of rotatable bonds is 5. The van der Waals surface area contributed by atoms with Gasteiger partial charge in [0.2, 0.25) is 0 Å². The van der Waals surface area contributed by atoms with E-state index in [0.717, 1.165) is 54.3 Å². The highest BCUT2D eigenvalue weighted by Crippen LogP contribution is 2.60. The molecule has 9 heteroatoms. The highest BCUT2D eigenvalue weighted by molar-refractivity contribution is 8.20. The van der Waals surface area contributed by atoms with Crippen LogP contribution in [0.3, 0.4) is 0 Å². The van der Waals surface area contributed by atoms with Gasteiger partial charge in [-0.05, 0) is 30.9 Å². The maximum atomic E-state index is 11.0. The highest BCUT2D eigenvalue weighted by Gasteiger charge is 2.42. The van der Waals surface area contributed by atoms with Crippen molar-refractivity contribution >= 4 is 34.9 Å². The zero-order valence-corrected chi connectivity index (χ0v) is 16.7. The van der Waals surface area contributed by atoms with Crippen molar-refractivity contribution in [2.24, 2.45) is 0 Å². The number of thioether (sulfide) groups is 2. The Kier molecular flexibility index (Phi) is 5.31. The lowest BCUT2D eigenvalue weighted by molar-refractivity contribution is -0.385. The summed E-state index contributed by atoms with van der Waals surface area (Å²) >= 11 is 3.63. The Bertz CT molecular complexity index is 912. The van der Waals surface area contributed by atoms with Gasteiger partial charge in [0.25, 0.3) is 11.4 Å². The molecule has 4 rings (SSSR count). The van der Waals surface area contributed by atoms with Crippen LogP contribution in [0.25, 0.3) is 0 Å². The van der Waals surface area contributed by atoms with Crippen molar-refractivity contribution in [3.63, 3.8) is 0 Å². The summed E-state index contributed by atoms with van der Waals surface area (Å²) in [5.41, 5.74) is 1.39. The van der Waals surface area contributed by atoms with Gasteiger partial charge in [0, 0.05) is 53.7 Å². The Hall–Kier alpha value is -2.10. The number of fused-ring (bicyclic) bond motifs is 1. The molecule has 1 spiro atoms. The number of piperidine rings is 1. The van der Waals surface area contributed by atoms with E-state index in [1.807, 2.05) is 30.0 Å². The third-order valence-corrected chi connectivity index (χ3v) is 8.54. The molecular weight excluding hydrogens is 398 g/mol. The van der Waals surface area contributed by atoms with E-state index < -0.39 is 0 Å². The zero-order chi connectivity index (χ0) is 19.7. The van der Waals surface area contributed by atoms with Gasteiger partial charge in [0.05, 0.1) is 13.9 Å². The van der Waals surface area contributed by atoms with Crippen LogP contribution >= 0.6 is 23.5 Å². The Morgan fingerprint density at radius 3 is 2.14 bits per heavy atom. The minimum Gasteiger partial charge on any atom is -0.303 e. The predicted octanol–water partition coefficient (Wildman–Crippen LogP) is 4.74. The summed E-state index contributed by atoms with van der Waals surface area (Å²) in [6, 6.07) is 11.9. The van der Waals surface area contributed by atoms with Gasteiger partial charge in [-0.1, -0.05) is 12.1 Å². The Labute approximate surface area is 170 Å². The summed E-state index contributed by atoms with van der Waals surface area (Å²) in [6.07, 6.45) is 2.94. The van der Waals surface area contributed by atoms with Gasteiger partial charge in [-0.15, -0.1) is 23.5 Å². The molecule has 28 heavy (non-hydrogen) atoms. The monoisotopic (exact) mass is 417 g/mol. The number of nitro groups is 2. The molecular formula is C19H19N3O4S2. The number of nitro benzene ring substituents is 2. The summed E-state index contributed by atoms with van der Waals surface area (Å²) < 4.78 is 0.0847. The second kappa shape index (κ2) is 7.73. The summed E-state index contributed by atoms with van der Waals surface area (Å²) in [7, 11) is 0. The Balaban J connectivity index is 1.31. The van der Waals surface area contributed by atoms with Crippen LogP contribution in [0.15, 0.2) is 52.3 Å². The van der Waals surface area contributed by atoms with Crippen LogP contribution in [0.2, 0.25) is 0 Å². The van der Waals surface area contributed by atoms with E-state index in [2.05, 4.69) is 4.90 Å². The van der Waals surface area contributed by atoms with Crippen LogP contribution in [0.4, 0.5) is 11.4 Å². The van der Waals surface area contributed by atoms with Crippen molar-refractivity contribution in [3.8, 4) is 0 Å². The first-order valence-corrected chi connectivity index (χ1v) is 10.7. The van der Waals surface area contributed by atoms with Crippen molar-refractivity contribution in [1.82, 2.24) is 4.90 Å². The largest absolute Gasteiger partial charge is 0.303 e. The summed E-state index contributed by atoms with van der Waals surface area (Å²) in [4.78, 5) is 25.6. The molecule has 2 aliphatic heterocycles. The predicted molar refractivity (Wildman–Crippen MR) is 110 cm³/mol. The van der Waals surface area contributed by atoms with Crippen molar-refractivity contribution < 1.29 is 9.85 Å². The molecule has 2 aromatic carbocycles. The number of non-ortho nitro benzene ring substituents is 2. The third-order valence-electron chi connectivity index (χ3n) is 5.21. The van der Waals surface area contributed by atoms with Crippen LogP contribution in [-0.2, 0) is 6.42 Å². The fourth-order valence-electron chi connectivity index (χ4n) is 3.59. The van der Waals surface area contributed by atoms with E-state index >= 15 is 0 Å². The zero-order valence-electron chi connectivity index (χ0n) is 15.1. The maximum Gasteiger partial charge on any atom is 0.270 e. The average molecular weight is 418 g/mol. The van der Waals surface area contributed by atoms with Crippen molar-refractivity contribution in [1.29, 1.82) is 0 Å². The lowest BCUT2D eigenvalue weighted by Gasteiger charge is -2.37. The van der Waals surface area contributed by atoms with Crippen LogP contribution in [0.5, 0.6) is 0 Å². The number of benzene rings is 2. The molecule has 0 N–H and O–H groups in total. The van der Waals surface area contributed by atoms with Crippen LogP contribution in [0.1, 0.15) is 18.4 Å². The standard InChI is InChI=1S/C19H19N3O4S2/c23-21(24)15-3-1-14(2-4-15)7-10-20-11-8-19(9-12-20)27-17-6-5-16(22(25)26)13-18(17)28-19/h1-6,13H,7-12H2. The van der Waals surface area contributed by atoms with Gasteiger partial charge in [-0.3, -0.25) is 20.2 Å². The van der Waals surface area contributed by atoms with Gasteiger partial charge < -0.3 is 4.90 Å². The van der Waals surface area contributed by atoms with Crippen molar-refractivity contribution in [2.45, 2.75) is 33.1 Å². The fourth-order valence-corrected chi connectivity index (χ4v) is 6.76. The topological polar surface area (TPSA) is 89.5 Å². The van der Waals surface area contributed by atoms with Gasteiger partial charge in [0.15, 0.2) is 0 Å². The number of hydrogen-bond acceptors (Lipinski definition) is 7. The smallest absolute Gasteiger partial charge is 0.270 e. The molecule has 0 atom stereocenters. The van der Waals surface area contributed by atoms with Crippen LogP contribution in [-0.4, -0.2) is 38.5 Å². The number of nitrogens with zero attached hydrogens (tertiary/aromatic N) is 3. The van der Waals surface area contributed by atoms with E-state index in [4.69, 9.17) is 0 Å². The molecule has 1 fully saturated rings. The molecule has 0 aliphatic carbocycles. The third kappa shape index (κ3) is 4.01. The molecule has 0 saturated carbocycles. The fraction of sp³-hybridized carbons (Fsp3) is 0.368. The van der Waals surface area contributed by atoms with E-state index in [1.165, 1.54) is 0 Å². The molecule has 0 unspecified atom stereocenters. The first-order chi connectivity index (χ1) is 13.4. The number of hydrogen-bond donors (Lipinski definition) is 0. The number of likely N-dealkylation sites (tertiary alicyclic amines) is 1. The highest BCUT2D eigenvalue weighted by atomic mass is 32.2.